The highest BCUT2D eigenvalue weighted by Gasteiger charge is 2.50. The van der Waals surface area contributed by atoms with E-state index in [1.807, 2.05) is 73.7 Å². The van der Waals surface area contributed by atoms with Crippen molar-refractivity contribution in [2.75, 3.05) is 0 Å². The molecule has 1 fully saturated rings. The van der Waals surface area contributed by atoms with Gasteiger partial charge in [-0.3, -0.25) is 9.69 Å². The van der Waals surface area contributed by atoms with Crippen molar-refractivity contribution in [1.82, 2.24) is 20.4 Å². The van der Waals surface area contributed by atoms with Crippen molar-refractivity contribution in [3.8, 4) is 11.4 Å². The molecule has 1 N–H and O–H groups in total. The zero-order valence-electron chi connectivity index (χ0n) is 17.1. The van der Waals surface area contributed by atoms with Gasteiger partial charge in [-0.25, -0.2) is 4.79 Å². The highest BCUT2D eigenvalue weighted by molar-refractivity contribution is 6.09. The lowest BCUT2D eigenvalue weighted by molar-refractivity contribution is -0.131. The SMILES string of the molecule is Cc1ccc(-c2noc(CN3C(=O)NC(C)(c4cccc5ccccc45)C3=O)n2)cc1. The number of imide groups is 1. The van der Waals surface area contributed by atoms with Crippen LogP contribution in [-0.2, 0) is 16.9 Å². The number of nitrogens with one attached hydrogen (secondary N) is 1. The largest absolute Gasteiger partial charge is 0.337 e. The Morgan fingerprint density at radius 3 is 2.55 bits per heavy atom. The van der Waals surface area contributed by atoms with Crippen LogP contribution in [0.5, 0.6) is 0 Å². The molecule has 7 heteroatoms. The third kappa shape index (κ3) is 3.15. The molecule has 2 heterocycles. The summed E-state index contributed by atoms with van der Waals surface area (Å²) in [4.78, 5) is 31.6. The maximum absolute atomic E-state index is 13.4. The van der Waals surface area contributed by atoms with Crippen LogP contribution < -0.4 is 5.32 Å². The van der Waals surface area contributed by atoms with Crippen LogP contribution in [0.4, 0.5) is 4.79 Å². The average Bonchev–Trinajstić information content (AvgIpc) is 3.33. The molecule has 0 bridgehead atoms. The molecule has 0 aliphatic carbocycles. The normalized spacial score (nSPS) is 18.6. The van der Waals surface area contributed by atoms with E-state index in [-0.39, 0.29) is 18.3 Å². The van der Waals surface area contributed by atoms with Gasteiger partial charge in [-0.2, -0.15) is 4.98 Å². The van der Waals surface area contributed by atoms with Crippen molar-refractivity contribution in [3.63, 3.8) is 0 Å². The summed E-state index contributed by atoms with van der Waals surface area (Å²) in [5.74, 6) is 0.254. The summed E-state index contributed by atoms with van der Waals surface area (Å²) in [5.41, 5.74) is 1.49. The van der Waals surface area contributed by atoms with E-state index < -0.39 is 11.6 Å². The Morgan fingerprint density at radius 1 is 1.00 bits per heavy atom. The predicted molar refractivity (Wildman–Crippen MR) is 115 cm³/mol. The second-order valence-corrected chi connectivity index (χ2v) is 7.85. The number of hydrogen-bond donors (Lipinski definition) is 1. The predicted octanol–water partition coefficient (Wildman–Crippen LogP) is 4.17. The molecule has 31 heavy (non-hydrogen) atoms. The van der Waals surface area contributed by atoms with Gasteiger partial charge in [-0.05, 0) is 30.2 Å². The standard InChI is InChI=1S/C24H20N4O3/c1-15-10-12-17(13-11-15)21-25-20(31-27-21)14-28-22(29)24(2,26-23(28)30)19-9-5-7-16-6-3-4-8-18(16)19/h3-13H,14H2,1-2H3,(H,26,30). The maximum atomic E-state index is 13.4. The number of urea groups is 1. The highest BCUT2D eigenvalue weighted by Crippen LogP contribution is 2.34. The summed E-state index contributed by atoms with van der Waals surface area (Å²) in [7, 11) is 0. The summed E-state index contributed by atoms with van der Waals surface area (Å²) in [6.45, 7) is 3.63. The van der Waals surface area contributed by atoms with Crippen LogP contribution >= 0.6 is 0 Å². The van der Waals surface area contributed by atoms with E-state index in [4.69, 9.17) is 4.52 Å². The van der Waals surface area contributed by atoms with Crippen molar-refractivity contribution in [3.05, 3.63) is 83.7 Å². The van der Waals surface area contributed by atoms with Gasteiger partial charge in [0.1, 0.15) is 12.1 Å². The van der Waals surface area contributed by atoms with E-state index in [0.717, 1.165) is 32.4 Å². The van der Waals surface area contributed by atoms with Crippen LogP contribution in [0, 0.1) is 6.92 Å². The van der Waals surface area contributed by atoms with Crippen LogP contribution in [0.15, 0.2) is 71.3 Å². The van der Waals surface area contributed by atoms with Crippen molar-refractivity contribution >= 4 is 22.7 Å². The van der Waals surface area contributed by atoms with Crippen LogP contribution in [0.2, 0.25) is 0 Å². The number of carbonyl (C=O) groups is 2. The van der Waals surface area contributed by atoms with Gasteiger partial charge in [0.15, 0.2) is 0 Å². The fraction of sp³-hybridized carbons (Fsp3) is 0.167. The second-order valence-electron chi connectivity index (χ2n) is 7.85. The molecule has 3 aromatic carbocycles. The molecule has 0 radical (unpaired) electrons. The summed E-state index contributed by atoms with van der Waals surface area (Å²) in [6.07, 6.45) is 0. The van der Waals surface area contributed by atoms with Gasteiger partial charge in [0.05, 0.1) is 0 Å². The molecular formula is C24H20N4O3. The lowest BCUT2D eigenvalue weighted by Gasteiger charge is -2.23. The van der Waals surface area contributed by atoms with Gasteiger partial charge in [-0.1, -0.05) is 77.5 Å². The van der Waals surface area contributed by atoms with Crippen molar-refractivity contribution in [1.29, 1.82) is 0 Å². The van der Waals surface area contributed by atoms with Gasteiger partial charge < -0.3 is 9.84 Å². The third-order valence-corrected chi connectivity index (χ3v) is 5.67. The van der Waals surface area contributed by atoms with Gasteiger partial charge >= 0.3 is 6.03 Å². The molecule has 1 aliphatic rings. The molecule has 1 unspecified atom stereocenters. The molecule has 1 aromatic heterocycles. The molecule has 3 amide bonds. The minimum absolute atomic E-state index is 0.0934. The number of nitrogens with zero attached hydrogens (tertiary/aromatic N) is 3. The number of carbonyl (C=O) groups excluding carboxylic acids is 2. The fourth-order valence-corrected chi connectivity index (χ4v) is 3.96. The Labute approximate surface area is 178 Å². The van der Waals surface area contributed by atoms with E-state index in [2.05, 4.69) is 15.5 Å². The van der Waals surface area contributed by atoms with E-state index in [9.17, 15) is 9.59 Å². The van der Waals surface area contributed by atoms with Gasteiger partial charge in [0.2, 0.25) is 11.7 Å². The highest BCUT2D eigenvalue weighted by atomic mass is 16.5. The van der Waals surface area contributed by atoms with Gasteiger partial charge in [-0.15, -0.1) is 0 Å². The first kappa shape index (κ1) is 19.0. The molecule has 1 aliphatic heterocycles. The van der Waals surface area contributed by atoms with Crippen LogP contribution in [-0.4, -0.2) is 27.0 Å². The molecule has 0 saturated carbocycles. The first-order chi connectivity index (χ1) is 15.0. The number of aromatic nitrogens is 2. The van der Waals surface area contributed by atoms with Gasteiger partial charge in [0, 0.05) is 5.56 Å². The smallest absolute Gasteiger partial charge is 0.325 e. The molecule has 7 nitrogen and oxygen atoms in total. The summed E-state index contributed by atoms with van der Waals surface area (Å²) in [5, 5.41) is 8.76. The zero-order valence-corrected chi connectivity index (χ0v) is 17.1. The number of benzene rings is 3. The molecule has 5 rings (SSSR count). The molecule has 1 saturated heterocycles. The van der Waals surface area contributed by atoms with Crippen molar-refractivity contribution in [2.24, 2.45) is 0 Å². The molecule has 0 spiro atoms. The molecule has 154 valence electrons. The Kier molecular flexibility index (Phi) is 4.32. The zero-order chi connectivity index (χ0) is 21.6. The molecular weight excluding hydrogens is 392 g/mol. The fourth-order valence-electron chi connectivity index (χ4n) is 3.96. The summed E-state index contributed by atoms with van der Waals surface area (Å²) in [6, 6.07) is 20.7. The monoisotopic (exact) mass is 412 g/mol. The number of rotatable bonds is 4. The van der Waals surface area contributed by atoms with Crippen LogP contribution in [0.3, 0.4) is 0 Å². The lowest BCUT2D eigenvalue weighted by atomic mass is 9.88. The van der Waals surface area contributed by atoms with Crippen molar-refractivity contribution in [2.45, 2.75) is 25.9 Å². The Bertz CT molecular complexity index is 1310. The van der Waals surface area contributed by atoms with E-state index in [0.29, 0.717) is 5.82 Å². The van der Waals surface area contributed by atoms with E-state index >= 15 is 0 Å². The second kappa shape index (κ2) is 7.05. The first-order valence-electron chi connectivity index (χ1n) is 9.98. The topological polar surface area (TPSA) is 88.3 Å². The number of amides is 3. The Morgan fingerprint density at radius 2 is 1.74 bits per heavy atom. The van der Waals surface area contributed by atoms with Crippen LogP contribution in [0.25, 0.3) is 22.2 Å². The lowest BCUT2D eigenvalue weighted by Crippen LogP contribution is -2.41. The maximum Gasteiger partial charge on any atom is 0.325 e. The minimum Gasteiger partial charge on any atom is -0.337 e. The number of fused-ring (bicyclic) bond motifs is 1. The van der Waals surface area contributed by atoms with Crippen LogP contribution in [0.1, 0.15) is 23.9 Å². The molecule has 4 aromatic rings. The number of hydrogen-bond acceptors (Lipinski definition) is 5. The third-order valence-electron chi connectivity index (χ3n) is 5.67. The average molecular weight is 412 g/mol. The Hall–Kier alpha value is -4.00. The summed E-state index contributed by atoms with van der Waals surface area (Å²) < 4.78 is 5.32. The number of aryl methyl sites for hydroxylation is 1. The molecule has 1 atom stereocenters. The summed E-state index contributed by atoms with van der Waals surface area (Å²) >= 11 is 0. The quantitative estimate of drug-likeness (QED) is 0.509. The van der Waals surface area contributed by atoms with E-state index in [1.165, 1.54) is 0 Å². The Balaban J connectivity index is 1.44. The van der Waals surface area contributed by atoms with E-state index in [1.54, 1.807) is 6.92 Å². The van der Waals surface area contributed by atoms with Gasteiger partial charge in [0.25, 0.3) is 5.91 Å². The minimum atomic E-state index is -1.18. The first-order valence-corrected chi connectivity index (χ1v) is 9.98. The van der Waals surface area contributed by atoms with Crippen molar-refractivity contribution < 1.29 is 14.1 Å².